The van der Waals surface area contributed by atoms with Gasteiger partial charge >= 0.3 is 0 Å². The highest BCUT2D eigenvalue weighted by atomic mass is 35.5. The molecular weight excluding hydrogens is 432 g/mol. The van der Waals surface area contributed by atoms with Crippen molar-refractivity contribution < 1.29 is 18.1 Å². The van der Waals surface area contributed by atoms with E-state index in [-0.39, 0.29) is 23.0 Å². The Balaban J connectivity index is 1.62. The number of amides is 1. The van der Waals surface area contributed by atoms with Gasteiger partial charge in [0.15, 0.2) is 0 Å². The molecule has 2 aromatic carbocycles. The van der Waals surface area contributed by atoms with E-state index in [0.29, 0.717) is 36.9 Å². The quantitative estimate of drug-likeness (QED) is 0.491. The van der Waals surface area contributed by atoms with Gasteiger partial charge in [-0.15, -0.1) is 0 Å². The molecule has 1 aliphatic heterocycles. The van der Waals surface area contributed by atoms with Crippen LogP contribution in [0.25, 0.3) is 0 Å². The molecule has 0 bridgehead atoms. The minimum atomic E-state index is -3.82. The van der Waals surface area contributed by atoms with Crippen LogP contribution in [0.5, 0.6) is 0 Å². The number of nitro benzene ring substituents is 1. The maximum atomic E-state index is 12.6. The van der Waals surface area contributed by atoms with Crippen molar-refractivity contribution in [3.8, 4) is 0 Å². The lowest BCUT2D eigenvalue weighted by molar-refractivity contribution is -0.384. The molecule has 0 saturated carbocycles. The fourth-order valence-electron chi connectivity index (χ4n) is 3.24. The van der Waals surface area contributed by atoms with Crippen molar-refractivity contribution in [1.82, 2.24) is 9.21 Å². The first-order valence-corrected chi connectivity index (χ1v) is 11.0. The first-order chi connectivity index (χ1) is 14.2. The van der Waals surface area contributed by atoms with E-state index in [0.717, 1.165) is 4.31 Å². The first-order valence-electron chi connectivity index (χ1n) is 9.18. The zero-order valence-electron chi connectivity index (χ0n) is 16.3. The van der Waals surface area contributed by atoms with E-state index in [1.807, 2.05) is 4.90 Å². The predicted molar refractivity (Wildman–Crippen MR) is 113 cm³/mol. The van der Waals surface area contributed by atoms with Crippen LogP contribution in [0, 0.1) is 10.1 Å². The lowest BCUT2D eigenvalue weighted by Gasteiger charge is -2.36. The average Bonchev–Trinajstić information content (AvgIpc) is 2.74. The summed E-state index contributed by atoms with van der Waals surface area (Å²) in [5, 5.41) is 11.7. The Morgan fingerprint density at radius 1 is 1.10 bits per heavy atom. The normalized spacial score (nSPS) is 14.8. The molecule has 1 heterocycles. The summed E-state index contributed by atoms with van der Waals surface area (Å²) >= 11 is 5.80. The number of nitrogens with zero attached hydrogens (tertiary/aromatic N) is 4. The number of rotatable bonds is 6. The third kappa shape index (κ3) is 4.72. The Labute approximate surface area is 179 Å². The highest BCUT2D eigenvalue weighted by Gasteiger charge is 2.28. The van der Waals surface area contributed by atoms with Gasteiger partial charge in [0, 0.05) is 44.3 Å². The van der Waals surface area contributed by atoms with E-state index in [1.165, 1.54) is 37.4 Å². The molecule has 0 aliphatic carbocycles. The molecule has 30 heavy (non-hydrogen) atoms. The van der Waals surface area contributed by atoms with E-state index >= 15 is 0 Å². The summed E-state index contributed by atoms with van der Waals surface area (Å²) in [7, 11) is -2.46. The summed E-state index contributed by atoms with van der Waals surface area (Å²) in [5.41, 5.74) is 0.531. The van der Waals surface area contributed by atoms with Crippen molar-refractivity contribution in [2.24, 2.45) is 0 Å². The van der Waals surface area contributed by atoms with Gasteiger partial charge in [0.2, 0.25) is 15.9 Å². The monoisotopic (exact) mass is 452 g/mol. The van der Waals surface area contributed by atoms with Crippen LogP contribution in [-0.2, 0) is 14.8 Å². The molecule has 2 aromatic rings. The Hall–Kier alpha value is -2.69. The topological polar surface area (TPSA) is 104 Å². The third-order valence-electron chi connectivity index (χ3n) is 4.93. The molecule has 0 aromatic heterocycles. The van der Waals surface area contributed by atoms with E-state index < -0.39 is 14.9 Å². The van der Waals surface area contributed by atoms with Crippen LogP contribution in [0.2, 0.25) is 5.02 Å². The summed E-state index contributed by atoms with van der Waals surface area (Å²) in [6.45, 7) is 1.24. The van der Waals surface area contributed by atoms with Gasteiger partial charge in [-0.3, -0.25) is 14.9 Å². The summed E-state index contributed by atoms with van der Waals surface area (Å²) in [4.78, 5) is 26.9. The first kappa shape index (κ1) is 22.0. The molecule has 160 valence electrons. The maximum Gasteiger partial charge on any atom is 0.292 e. The number of likely N-dealkylation sites (N-methyl/N-ethyl adjacent to an activating group) is 1. The molecule has 1 aliphatic rings. The Bertz CT molecular complexity index is 1040. The number of hydrogen-bond acceptors (Lipinski definition) is 6. The van der Waals surface area contributed by atoms with Gasteiger partial charge in [-0.2, -0.15) is 4.31 Å². The number of carbonyl (C=O) groups is 1. The third-order valence-corrected chi connectivity index (χ3v) is 7.00. The van der Waals surface area contributed by atoms with Crippen LogP contribution in [0.1, 0.15) is 0 Å². The zero-order chi connectivity index (χ0) is 21.9. The van der Waals surface area contributed by atoms with Crippen LogP contribution in [0.15, 0.2) is 53.4 Å². The van der Waals surface area contributed by atoms with Crippen molar-refractivity contribution in [3.05, 3.63) is 63.7 Å². The second-order valence-electron chi connectivity index (χ2n) is 6.83. The van der Waals surface area contributed by atoms with E-state index in [4.69, 9.17) is 11.6 Å². The Morgan fingerprint density at radius 2 is 1.70 bits per heavy atom. The molecule has 11 heteroatoms. The number of nitro groups is 1. The smallest absolute Gasteiger partial charge is 0.292 e. The Morgan fingerprint density at radius 3 is 2.30 bits per heavy atom. The fraction of sp³-hybridized carbons (Fsp3) is 0.316. The molecule has 0 spiro atoms. The van der Waals surface area contributed by atoms with Gasteiger partial charge in [-0.1, -0.05) is 23.7 Å². The van der Waals surface area contributed by atoms with E-state index in [2.05, 4.69) is 0 Å². The summed E-state index contributed by atoms with van der Waals surface area (Å²) in [5.74, 6) is -0.322. The van der Waals surface area contributed by atoms with Crippen LogP contribution < -0.4 is 4.90 Å². The number of sulfonamides is 1. The largest absolute Gasteiger partial charge is 0.362 e. The van der Waals surface area contributed by atoms with Crippen LogP contribution >= 0.6 is 11.6 Å². The van der Waals surface area contributed by atoms with Crippen molar-refractivity contribution in [3.63, 3.8) is 0 Å². The maximum absolute atomic E-state index is 12.6. The summed E-state index contributed by atoms with van der Waals surface area (Å²) < 4.78 is 26.3. The van der Waals surface area contributed by atoms with Gasteiger partial charge in [0.05, 0.1) is 16.4 Å². The molecule has 0 N–H and O–H groups in total. The lowest BCUT2D eigenvalue weighted by atomic mass is 10.2. The van der Waals surface area contributed by atoms with Crippen LogP contribution in [0.3, 0.4) is 0 Å². The fourth-order valence-corrected chi connectivity index (χ4v) is 4.49. The minimum absolute atomic E-state index is 0.0195. The number of anilines is 1. The second kappa shape index (κ2) is 8.99. The van der Waals surface area contributed by atoms with Crippen LogP contribution in [-0.4, -0.2) is 68.2 Å². The summed E-state index contributed by atoms with van der Waals surface area (Å²) in [6.07, 6.45) is 0. The highest BCUT2D eigenvalue weighted by molar-refractivity contribution is 7.89. The van der Waals surface area contributed by atoms with Gasteiger partial charge in [0.25, 0.3) is 5.69 Å². The summed E-state index contributed by atoms with van der Waals surface area (Å²) in [6, 6.07) is 12.2. The Kier molecular flexibility index (Phi) is 6.59. The number of hydrogen-bond donors (Lipinski definition) is 0. The number of halogens is 1. The second-order valence-corrected chi connectivity index (χ2v) is 9.31. The molecular formula is C19H21ClN4O5S. The number of benzene rings is 2. The molecule has 1 saturated heterocycles. The molecule has 0 atom stereocenters. The molecule has 0 radical (unpaired) electrons. The average molecular weight is 453 g/mol. The van der Waals surface area contributed by atoms with Crippen molar-refractivity contribution in [1.29, 1.82) is 0 Å². The van der Waals surface area contributed by atoms with Crippen molar-refractivity contribution in [2.45, 2.75) is 4.90 Å². The number of piperazine rings is 1. The van der Waals surface area contributed by atoms with Gasteiger partial charge < -0.3 is 9.80 Å². The highest BCUT2D eigenvalue weighted by Crippen LogP contribution is 2.28. The SMILES string of the molecule is CN(CC(=O)N1CCN(c2ccccc2[N+](=O)[O-])CC1)S(=O)(=O)c1ccc(Cl)cc1. The van der Waals surface area contributed by atoms with Gasteiger partial charge in [0.1, 0.15) is 5.69 Å². The molecule has 1 amide bonds. The number of para-hydroxylation sites is 2. The van der Waals surface area contributed by atoms with E-state index in [1.54, 1.807) is 23.1 Å². The zero-order valence-corrected chi connectivity index (χ0v) is 17.8. The molecule has 3 rings (SSSR count). The van der Waals surface area contributed by atoms with Gasteiger partial charge in [-0.05, 0) is 30.3 Å². The number of carbonyl (C=O) groups excluding carboxylic acids is 1. The molecule has 1 fully saturated rings. The predicted octanol–water partition coefficient (Wildman–Crippen LogP) is 2.22. The molecule has 9 nitrogen and oxygen atoms in total. The molecule has 0 unspecified atom stereocenters. The van der Waals surface area contributed by atoms with Crippen LogP contribution in [0.4, 0.5) is 11.4 Å². The van der Waals surface area contributed by atoms with Crippen molar-refractivity contribution in [2.75, 3.05) is 44.7 Å². The standard InChI is InChI=1S/C19H21ClN4O5S/c1-21(30(28,29)16-8-6-15(20)7-9-16)14-19(25)23-12-10-22(11-13-23)17-4-2-3-5-18(17)24(26)27/h2-9H,10-14H2,1H3. The van der Waals surface area contributed by atoms with Gasteiger partial charge in [-0.25, -0.2) is 8.42 Å². The van der Waals surface area contributed by atoms with Crippen molar-refractivity contribution >= 4 is 38.9 Å². The minimum Gasteiger partial charge on any atom is -0.362 e. The lowest BCUT2D eigenvalue weighted by Crippen LogP contribution is -2.51. The van der Waals surface area contributed by atoms with E-state index in [9.17, 15) is 23.3 Å².